The number of hydrogen-bond donors (Lipinski definition) is 2. The van der Waals surface area contributed by atoms with E-state index in [1.165, 1.54) is 0 Å². The van der Waals surface area contributed by atoms with Crippen molar-refractivity contribution in [3.8, 4) is 0 Å². The summed E-state index contributed by atoms with van der Waals surface area (Å²) >= 11 is 0. The summed E-state index contributed by atoms with van der Waals surface area (Å²) in [6, 6.07) is 0. The fourth-order valence-electron chi connectivity index (χ4n) is 2.25. The lowest BCUT2D eigenvalue weighted by Gasteiger charge is -2.35. The zero-order valence-corrected chi connectivity index (χ0v) is 12.3. The summed E-state index contributed by atoms with van der Waals surface area (Å²) in [4.78, 5) is 12.1. The van der Waals surface area contributed by atoms with E-state index in [0.29, 0.717) is 6.42 Å². The van der Waals surface area contributed by atoms with E-state index in [1.54, 1.807) is 6.92 Å². The van der Waals surface area contributed by atoms with Crippen molar-refractivity contribution in [1.29, 1.82) is 0 Å². The Balaban J connectivity index is 2.69. The first-order chi connectivity index (χ1) is 8.29. The zero-order valence-electron chi connectivity index (χ0n) is 11.5. The fraction of sp³-hybridized carbons (Fsp3) is 0.917. The highest BCUT2D eigenvalue weighted by Gasteiger charge is 2.38. The predicted molar refractivity (Wildman–Crippen MR) is 71.6 cm³/mol. The Kier molecular flexibility index (Phi) is 5.16. The number of carbonyl (C=O) groups is 1. The van der Waals surface area contributed by atoms with Gasteiger partial charge in [0, 0.05) is 5.41 Å². The van der Waals surface area contributed by atoms with E-state index in [4.69, 9.17) is 0 Å². The van der Waals surface area contributed by atoms with Crippen molar-refractivity contribution >= 4 is 15.9 Å². The molecule has 0 aromatic carbocycles. The fourth-order valence-corrected chi connectivity index (χ4v) is 3.43. The lowest BCUT2D eigenvalue weighted by Crippen LogP contribution is -2.49. The molecule has 1 saturated heterocycles. The molecule has 1 atom stereocenters. The Morgan fingerprint density at radius 3 is 2.61 bits per heavy atom. The molecule has 1 aliphatic rings. The Morgan fingerprint density at radius 1 is 1.44 bits per heavy atom. The molecule has 1 aliphatic heterocycles. The number of hydrogen-bond acceptors (Lipinski definition) is 4. The molecule has 0 radical (unpaired) electrons. The maximum absolute atomic E-state index is 12.1. The van der Waals surface area contributed by atoms with E-state index in [1.807, 2.05) is 13.8 Å². The molecule has 1 heterocycles. The molecule has 6 heteroatoms. The van der Waals surface area contributed by atoms with Gasteiger partial charge in [-0.25, -0.2) is 8.42 Å². The van der Waals surface area contributed by atoms with Gasteiger partial charge in [0.2, 0.25) is 15.9 Å². The van der Waals surface area contributed by atoms with Crippen molar-refractivity contribution in [2.24, 2.45) is 11.3 Å². The van der Waals surface area contributed by atoms with Gasteiger partial charge in [0.1, 0.15) is 0 Å². The van der Waals surface area contributed by atoms with Gasteiger partial charge in [-0.2, -0.15) is 0 Å². The van der Waals surface area contributed by atoms with Gasteiger partial charge in [-0.1, -0.05) is 20.8 Å². The molecule has 0 bridgehead atoms. The van der Waals surface area contributed by atoms with Crippen LogP contribution in [0, 0.1) is 11.3 Å². The van der Waals surface area contributed by atoms with Crippen LogP contribution in [0.5, 0.6) is 0 Å². The largest absolute Gasteiger partial charge is 0.316 e. The smallest absolute Gasteiger partial charge is 0.239 e. The minimum Gasteiger partial charge on any atom is -0.316 e. The van der Waals surface area contributed by atoms with Crippen LogP contribution in [0.4, 0.5) is 0 Å². The van der Waals surface area contributed by atoms with Crippen LogP contribution in [0.15, 0.2) is 0 Å². The molecule has 0 aromatic heterocycles. The summed E-state index contributed by atoms with van der Waals surface area (Å²) in [6.45, 7) is 7.17. The van der Waals surface area contributed by atoms with Crippen LogP contribution in [0.25, 0.3) is 0 Å². The second kappa shape index (κ2) is 6.02. The van der Waals surface area contributed by atoms with E-state index in [9.17, 15) is 13.2 Å². The second-order valence-electron chi connectivity index (χ2n) is 5.52. The van der Waals surface area contributed by atoms with Gasteiger partial charge in [0.25, 0.3) is 0 Å². The topological polar surface area (TPSA) is 75.3 Å². The maximum atomic E-state index is 12.1. The normalized spacial score (nSPS) is 21.6. The highest BCUT2D eigenvalue weighted by Crippen LogP contribution is 2.32. The van der Waals surface area contributed by atoms with Gasteiger partial charge in [-0.15, -0.1) is 0 Å². The number of piperidine rings is 1. The van der Waals surface area contributed by atoms with E-state index in [2.05, 4.69) is 10.0 Å². The standard InChI is InChI=1S/C12H24N2O3S/c1-4-8-18(16,17)14-11(15)12(2,3)10-6-5-7-13-9-10/h10,13H,4-9H2,1-3H3,(H,14,15). The van der Waals surface area contributed by atoms with Crippen LogP contribution in [0.2, 0.25) is 0 Å². The molecule has 1 fully saturated rings. The monoisotopic (exact) mass is 276 g/mol. The maximum Gasteiger partial charge on any atom is 0.239 e. The summed E-state index contributed by atoms with van der Waals surface area (Å²) < 4.78 is 25.4. The van der Waals surface area contributed by atoms with Crippen LogP contribution >= 0.6 is 0 Å². The zero-order chi connectivity index (χ0) is 13.8. The first kappa shape index (κ1) is 15.4. The third-order valence-electron chi connectivity index (χ3n) is 3.62. The van der Waals surface area contributed by atoms with Crippen molar-refractivity contribution in [2.75, 3.05) is 18.8 Å². The van der Waals surface area contributed by atoms with Crippen molar-refractivity contribution in [1.82, 2.24) is 10.0 Å². The van der Waals surface area contributed by atoms with E-state index in [-0.39, 0.29) is 17.6 Å². The van der Waals surface area contributed by atoms with E-state index in [0.717, 1.165) is 25.9 Å². The Labute approximate surface area is 110 Å². The summed E-state index contributed by atoms with van der Waals surface area (Å²) in [5, 5.41) is 3.25. The van der Waals surface area contributed by atoms with Gasteiger partial charge in [-0.05, 0) is 38.3 Å². The van der Waals surface area contributed by atoms with Gasteiger partial charge in [0.15, 0.2) is 0 Å². The molecule has 0 saturated carbocycles. The van der Waals surface area contributed by atoms with Gasteiger partial charge in [-0.3, -0.25) is 9.52 Å². The molecular weight excluding hydrogens is 252 g/mol. The highest BCUT2D eigenvalue weighted by atomic mass is 32.2. The lowest BCUT2D eigenvalue weighted by molar-refractivity contribution is -0.130. The Bertz CT molecular complexity index is 384. The van der Waals surface area contributed by atoms with Crippen LogP contribution < -0.4 is 10.0 Å². The molecule has 0 aromatic rings. The molecule has 18 heavy (non-hydrogen) atoms. The average Bonchev–Trinajstić information content (AvgIpc) is 2.29. The van der Waals surface area contributed by atoms with Crippen molar-refractivity contribution in [3.63, 3.8) is 0 Å². The number of nitrogens with one attached hydrogen (secondary N) is 2. The number of sulfonamides is 1. The Hall–Kier alpha value is -0.620. The summed E-state index contributed by atoms with van der Waals surface area (Å²) in [5.41, 5.74) is -0.659. The average molecular weight is 276 g/mol. The van der Waals surface area contributed by atoms with E-state index < -0.39 is 15.4 Å². The summed E-state index contributed by atoms with van der Waals surface area (Å²) in [7, 11) is -3.47. The van der Waals surface area contributed by atoms with Gasteiger partial charge in [0.05, 0.1) is 5.75 Å². The molecule has 5 nitrogen and oxygen atoms in total. The first-order valence-corrected chi connectivity index (χ1v) is 8.20. The molecule has 0 aliphatic carbocycles. The molecule has 2 N–H and O–H groups in total. The van der Waals surface area contributed by atoms with Crippen molar-refractivity contribution < 1.29 is 13.2 Å². The third-order valence-corrected chi connectivity index (χ3v) is 5.07. The molecule has 1 rings (SSSR count). The minimum absolute atomic E-state index is 0.00225. The summed E-state index contributed by atoms with van der Waals surface area (Å²) in [5.74, 6) is -0.203. The van der Waals surface area contributed by atoms with Crippen LogP contribution in [-0.4, -0.2) is 33.2 Å². The van der Waals surface area contributed by atoms with Crippen LogP contribution in [0.1, 0.15) is 40.0 Å². The lowest BCUT2D eigenvalue weighted by atomic mass is 9.74. The van der Waals surface area contributed by atoms with Crippen molar-refractivity contribution in [3.05, 3.63) is 0 Å². The molecular formula is C12H24N2O3S. The van der Waals surface area contributed by atoms with Crippen molar-refractivity contribution in [2.45, 2.75) is 40.0 Å². The summed E-state index contributed by atoms with van der Waals surface area (Å²) in [6.07, 6.45) is 2.50. The second-order valence-corrected chi connectivity index (χ2v) is 7.36. The third kappa shape index (κ3) is 3.95. The SMILES string of the molecule is CCCS(=O)(=O)NC(=O)C(C)(C)C1CCCNC1. The van der Waals surface area contributed by atoms with Crippen LogP contribution in [-0.2, 0) is 14.8 Å². The van der Waals surface area contributed by atoms with E-state index >= 15 is 0 Å². The first-order valence-electron chi connectivity index (χ1n) is 6.55. The Morgan fingerprint density at radius 2 is 2.11 bits per heavy atom. The molecule has 1 amide bonds. The quantitative estimate of drug-likeness (QED) is 0.781. The minimum atomic E-state index is -3.47. The predicted octanol–water partition coefficient (Wildman–Crippen LogP) is 0.868. The molecule has 0 spiro atoms. The molecule has 106 valence electrons. The van der Waals surface area contributed by atoms with Crippen LogP contribution in [0.3, 0.4) is 0 Å². The highest BCUT2D eigenvalue weighted by molar-refractivity contribution is 7.90. The number of carbonyl (C=O) groups excluding carboxylic acids is 1. The van der Waals surface area contributed by atoms with Gasteiger partial charge >= 0.3 is 0 Å². The number of rotatable bonds is 5. The molecule has 1 unspecified atom stereocenters. The van der Waals surface area contributed by atoms with Gasteiger partial charge < -0.3 is 5.32 Å². The number of amides is 1.